The van der Waals surface area contributed by atoms with Crippen molar-refractivity contribution in [1.82, 2.24) is 4.72 Å². The van der Waals surface area contributed by atoms with Crippen molar-refractivity contribution >= 4 is 26.0 Å². The average Bonchev–Trinajstić information content (AvgIpc) is 2.15. The maximum absolute atomic E-state index is 12.0. The second kappa shape index (κ2) is 4.66. The predicted octanol–water partition coefficient (Wildman–Crippen LogP) is 0.743. The maximum atomic E-state index is 12.0. The number of alkyl halides is 1. The number of aliphatic hydroxyl groups is 1. The zero-order valence-corrected chi connectivity index (χ0v) is 11.9. The molecule has 1 atom stereocenters. The SMILES string of the molecule is CC(C)(NS(=O)(=O)c1ccccc1)C(N)(O)Br. The molecule has 1 unspecified atom stereocenters. The van der Waals surface area contributed by atoms with Gasteiger partial charge in [0.25, 0.3) is 0 Å². The van der Waals surface area contributed by atoms with Crippen LogP contribution in [0.2, 0.25) is 0 Å². The summed E-state index contributed by atoms with van der Waals surface area (Å²) in [5.41, 5.74) is 4.18. The van der Waals surface area contributed by atoms with Crippen LogP contribution < -0.4 is 10.5 Å². The Bertz CT molecular complexity index is 480. The quantitative estimate of drug-likeness (QED) is 0.433. The molecule has 0 aliphatic heterocycles. The van der Waals surface area contributed by atoms with Gasteiger partial charge in [0.2, 0.25) is 10.0 Å². The molecular weight excluding hydrogens is 308 g/mol. The molecule has 0 heterocycles. The van der Waals surface area contributed by atoms with Gasteiger partial charge in [-0.1, -0.05) is 18.2 Å². The summed E-state index contributed by atoms with van der Waals surface area (Å²) in [6, 6.07) is 7.87. The van der Waals surface area contributed by atoms with Gasteiger partial charge in [-0.3, -0.25) is 5.73 Å². The third-order valence-corrected chi connectivity index (χ3v) is 4.98. The van der Waals surface area contributed by atoms with Crippen molar-refractivity contribution in [3.05, 3.63) is 30.3 Å². The van der Waals surface area contributed by atoms with Crippen molar-refractivity contribution in [1.29, 1.82) is 0 Å². The van der Waals surface area contributed by atoms with E-state index in [9.17, 15) is 13.5 Å². The van der Waals surface area contributed by atoms with E-state index >= 15 is 0 Å². The Morgan fingerprint density at radius 3 is 2.18 bits per heavy atom. The van der Waals surface area contributed by atoms with Crippen molar-refractivity contribution in [2.75, 3.05) is 0 Å². The largest absolute Gasteiger partial charge is 0.365 e. The van der Waals surface area contributed by atoms with E-state index < -0.39 is 20.2 Å². The lowest BCUT2D eigenvalue weighted by molar-refractivity contribution is 0.0725. The summed E-state index contributed by atoms with van der Waals surface area (Å²) in [6.45, 7) is 2.95. The van der Waals surface area contributed by atoms with E-state index in [1.807, 2.05) is 0 Å². The lowest BCUT2D eigenvalue weighted by Crippen LogP contribution is -2.62. The van der Waals surface area contributed by atoms with Crippen LogP contribution in [0.15, 0.2) is 35.2 Å². The zero-order valence-electron chi connectivity index (χ0n) is 9.51. The highest BCUT2D eigenvalue weighted by atomic mass is 79.9. The van der Waals surface area contributed by atoms with Crippen LogP contribution in [0.4, 0.5) is 0 Å². The molecule has 7 heteroatoms. The summed E-state index contributed by atoms with van der Waals surface area (Å²) in [5, 5.41) is 9.62. The van der Waals surface area contributed by atoms with Crippen molar-refractivity contribution in [2.24, 2.45) is 5.73 Å². The van der Waals surface area contributed by atoms with E-state index in [1.54, 1.807) is 18.2 Å². The molecule has 0 saturated carbocycles. The van der Waals surface area contributed by atoms with Crippen LogP contribution in [-0.2, 0) is 10.0 Å². The molecule has 4 N–H and O–H groups in total. The minimum Gasteiger partial charge on any atom is -0.365 e. The lowest BCUT2D eigenvalue weighted by Gasteiger charge is -2.35. The van der Waals surface area contributed by atoms with Crippen molar-refractivity contribution < 1.29 is 13.5 Å². The van der Waals surface area contributed by atoms with Gasteiger partial charge in [-0.05, 0) is 41.9 Å². The highest BCUT2D eigenvalue weighted by Crippen LogP contribution is 2.24. The second-order valence-corrected chi connectivity index (χ2v) is 7.11. The predicted molar refractivity (Wildman–Crippen MR) is 68.9 cm³/mol. The van der Waals surface area contributed by atoms with Crippen LogP contribution in [-0.4, -0.2) is 23.7 Å². The zero-order chi connectivity index (χ0) is 13.3. The number of nitrogens with one attached hydrogen (secondary N) is 1. The first-order valence-corrected chi connectivity index (χ1v) is 7.13. The van der Waals surface area contributed by atoms with Gasteiger partial charge in [0.05, 0.1) is 10.4 Å². The van der Waals surface area contributed by atoms with Gasteiger partial charge in [-0.15, -0.1) is 0 Å². The van der Waals surface area contributed by atoms with Crippen LogP contribution >= 0.6 is 15.9 Å². The highest BCUT2D eigenvalue weighted by Gasteiger charge is 2.41. The summed E-state index contributed by atoms with van der Waals surface area (Å²) < 4.78 is 24.5. The van der Waals surface area contributed by atoms with Crippen molar-refractivity contribution in [2.45, 2.75) is 28.9 Å². The molecule has 1 rings (SSSR count). The summed E-state index contributed by atoms with van der Waals surface area (Å²) in [6.07, 6.45) is 0. The molecule has 5 nitrogen and oxygen atoms in total. The van der Waals surface area contributed by atoms with Crippen molar-refractivity contribution in [3.8, 4) is 0 Å². The number of sulfonamides is 1. The molecule has 0 aromatic heterocycles. The van der Waals surface area contributed by atoms with Gasteiger partial charge >= 0.3 is 0 Å². The molecule has 96 valence electrons. The molecule has 0 saturated heterocycles. The third-order valence-electron chi connectivity index (χ3n) is 2.32. The topological polar surface area (TPSA) is 92.4 Å². The number of hydrogen-bond donors (Lipinski definition) is 3. The monoisotopic (exact) mass is 322 g/mol. The molecule has 0 spiro atoms. The highest BCUT2D eigenvalue weighted by molar-refractivity contribution is 9.10. The molecule has 0 aliphatic carbocycles. The van der Waals surface area contributed by atoms with E-state index in [0.29, 0.717) is 0 Å². The van der Waals surface area contributed by atoms with Crippen LogP contribution in [0.5, 0.6) is 0 Å². The molecule has 1 aromatic rings. The third kappa shape index (κ3) is 3.49. The molecule has 1 aromatic carbocycles. The van der Waals surface area contributed by atoms with E-state index in [1.165, 1.54) is 26.0 Å². The molecule has 0 aliphatic rings. The van der Waals surface area contributed by atoms with Crippen LogP contribution in [0, 0.1) is 0 Å². The Labute approximate surface area is 109 Å². The molecule has 0 radical (unpaired) electrons. The Morgan fingerprint density at radius 1 is 1.29 bits per heavy atom. The Hall–Kier alpha value is -0.470. The summed E-state index contributed by atoms with van der Waals surface area (Å²) in [7, 11) is -3.72. The van der Waals surface area contributed by atoms with Gasteiger partial charge < -0.3 is 5.11 Å². The first-order valence-electron chi connectivity index (χ1n) is 4.85. The smallest absolute Gasteiger partial charge is 0.241 e. The summed E-state index contributed by atoms with van der Waals surface area (Å²) >= 11 is 2.83. The van der Waals surface area contributed by atoms with Crippen molar-refractivity contribution in [3.63, 3.8) is 0 Å². The summed E-state index contributed by atoms with van der Waals surface area (Å²) in [5.74, 6) is 0. The van der Waals surface area contributed by atoms with Gasteiger partial charge in [0.15, 0.2) is 4.63 Å². The first kappa shape index (κ1) is 14.6. The van der Waals surface area contributed by atoms with Gasteiger partial charge in [0.1, 0.15) is 0 Å². The van der Waals surface area contributed by atoms with E-state index in [-0.39, 0.29) is 4.90 Å². The van der Waals surface area contributed by atoms with E-state index in [2.05, 4.69) is 20.7 Å². The Balaban J connectivity index is 3.04. The fourth-order valence-corrected chi connectivity index (χ4v) is 2.76. The molecule has 0 fully saturated rings. The minimum atomic E-state index is -3.72. The Kier molecular flexibility index (Phi) is 4.00. The van der Waals surface area contributed by atoms with E-state index in [0.717, 1.165) is 0 Å². The second-order valence-electron chi connectivity index (χ2n) is 4.22. The average molecular weight is 323 g/mol. The Morgan fingerprint density at radius 2 is 1.76 bits per heavy atom. The fraction of sp³-hybridized carbons (Fsp3) is 0.400. The standard InChI is InChI=1S/C10H15BrN2O3S/c1-9(2,10(11,12)14)13-17(15,16)8-6-4-3-5-7-8/h3-7,13-14H,12H2,1-2H3. The van der Waals surface area contributed by atoms with Gasteiger partial charge in [0, 0.05) is 0 Å². The van der Waals surface area contributed by atoms with Gasteiger partial charge in [-0.2, -0.15) is 0 Å². The number of benzene rings is 1. The molecule has 0 bridgehead atoms. The minimum absolute atomic E-state index is 0.116. The molecule has 0 amide bonds. The van der Waals surface area contributed by atoms with Gasteiger partial charge in [-0.25, -0.2) is 13.1 Å². The number of rotatable bonds is 4. The van der Waals surface area contributed by atoms with Crippen LogP contribution in [0.25, 0.3) is 0 Å². The summed E-state index contributed by atoms with van der Waals surface area (Å²) in [4.78, 5) is 0.116. The maximum Gasteiger partial charge on any atom is 0.241 e. The van der Waals surface area contributed by atoms with Crippen LogP contribution in [0.1, 0.15) is 13.8 Å². The number of nitrogens with two attached hydrogens (primary N) is 1. The number of halogens is 1. The molecular formula is C10H15BrN2O3S. The number of hydrogen-bond acceptors (Lipinski definition) is 4. The van der Waals surface area contributed by atoms with Crippen LogP contribution in [0.3, 0.4) is 0 Å². The normalized spacial score (nSPS) is 16.5. The van der Waals surface area contributed by atoms with E-state index in [4.69, 9.17) is 5.73 Å². The molecule has 17 heavy (non-hydrogen) atoms. The fourth-order valence-electron chi connectivity index (χ4n) is 1.07. The lowest BCUT2D eigenvalue weighted by atomic mass is 10.1. The first-order chi connectivity index (χ1) is 7.56.